The summed E-state index contributed by atoms with van der Waals surface area (Å²) >= 11 is 0.976. The van der Waals surface area contributed by atoms with Crippen molar-refractivity contribution in [1.82, 2.24) is 5.32 Å². The van der Waals surface area contributed by atoms with Gasteiger partial charge in [0, 0.05) is 6.07 Å². The fraction of sp³-hybridized carbons (Fsp3) is 0.167. The van der Waals surface area contributed by atoms with E-state index in [-0.39, 0.29) is 10.9 Å². The van der Waals surface area contributed by atoms with Crippen LogP contribution >= 0.6 is 11.3 Å². The number of rotatable bonds is 1. The van der Waals surface area contributed by atoms with E-state index in [9.17, 15) is 14.9 Å². The molecule has 0 radical (unpaired) electrons. The van der Waals surface area contributed by atoms with Crippen LogP contribution in [0.25, 0.3) is 0 Å². The average molecular weight is 199 g/mol. The molecule has 1 aromatic heterocycles. The van der Waals surface area contributed by atoms with Crippen LogP contribution in [0.4, 0.5) is 10.0 Å². The molecule has 1 aliphatic rings. The van der Waals surface area contributed by atoms with Gasteiger partial charge in [0.25, 0.3) is 5.91 Å². The molecule has 2 rings (SSSR count). The van der Waals surface area contributed by atoms with Crippen LogP contribution in [0.1, 0.15) is 10.4 Å². The monoisotopic (exact) mass is 199 g/mol. The third kappa shape index (κ3) is 1.22. The summed E-state index contributed by atoms with van der Waals surface area (Å²) in [4.78, 5) is 21.0. The van der Waals surface area contributed by atoms with Crippen LogP contribution in [0.5, 0.6) is 0 Å². The Balaban J connectivity index is 2.48. The minimum absolute atomic E-state index is 0.0189. The number of fused-ring (bicyclic) bond motifs is 1. The molecule has 0 saturated heterocycles. The van der Waals surface area contributed by atoms with E-state index in [1.54, 1.807) is 0 Å². The van der Waals surface area contributed by atoms with Crippen molar-refractivity contribution in [2.45, 2.75) is 0 Å². The predicted octanol–water partition coefficient (Wildman–Crippen LogP) is 0.769. The highest BCUT2D eigenvalue weighted by molar-refractivity contribution is 7.19. The highest BCUT2D eigenvalue weighted by Gasteiger charge is 2.23. The van der Waals surface area contributed by atoms with Crippen LogP contribution in [-0.4, -0.2) is 17.5 Å². The summed E-state index contributed by atoms with van der Waals surface area (Å²) < 4.78 is 0. The van der Waals surface area contributed by atoms with E-state index in [1.807, 2.05) is 0 Å². The molecular weight excluding hydrogens is 194 g/mol. The second-order valence-electron chi connectivity index (χ2n) is 2.44. The molecule has 1 amide bonds. The zero-order valence-corrected chi connectivity index (χ0v) is 7.18. The van der Waals surface area contributed by atoms with Gasteiger partial charge in [-0.3, -0.25) is 14.9 Å². The lowest BCUT2D eigenvalue weighted by Gasteiger charge is -2.12. The summed E-state index contributed by atoms with van der Waals surface area (Å²) in [6.45, 7) is 0.323. The highest BCUT2D eigenvalue weighted by Crippen LogP contribution is 2.34. The largest absolute Gasteiger partial charge is 0.359 e. The van der Waals surface area contributed by atoms with E-state index in [0.717, 1.165) is 11.3 Å². The van der Waals surface area contributed by atoms with Gasteiger partial charge in [-0.2, -0.15) is 0 Å². The number of hydrogen-bond acceptors (Lipinski definition) is 5. The predicted molar refractivity (Wildman–Crippen MR) is 46.9 cm³/mol. The van der Waals surface area contributed by atoms with E-state index in [4.69, 9.17) is 0 Å². The molecule has 0 saturated carbocycles. The van der Waals surface area contributed by atoms with Gasteiger partial charge in [0.15, 0.2) is 0 Å². The molecule has 6 nitrogen and oxygen atoms in total. The third-order valence-electron chi connectivity index (χ3n) is 1.64. The molecule has 0 aliphatic carbocycles. The number of anilines is 1. The summed E-state index contributed by atoms with van der Waals surface area (Å²) in [6.07, 6.45) is 0. The lowest BCUT2D eigenvalue weighted by atomic mass is 10.2. The Bertz CT molecular complexity index is 386. The second kappa shape index (κ2) is 2.70. The van der Waals surface area contributed by atoms with Gasteiger partial charge in [-0.05, 0) is 11.3 Å². The van der Waals surface area contributed by atoms with Gasteiger partial charge in [0.2, 0.25) is 0 Å². The van der Waals surface area contributed by atoms with Crippen molar-refractivity contribution in [3.63, 3.8) is 0 Å². The number of nitrogens with one attached hydrogen (secondary N) is 2. The normalized spacial score (nSPS) is 14.3. The van der Waals surface area contributed by atoms with Crippen LogP contribution in [-0.2, 0) is 0 Å². The average Bonchev–Trinajstić information content (AvgIpc) is 2.49. The molecule has 7 heteroatoms. The Kier molecular flexibility index (Phi) is 1.66. The van der Waals surface area contributed by atoms with E-state index < -0.39 is 4.92 Å². The molecule has 2 heterocycles. The number of nitrogens with zero attached hydrogens (tertiary/aromatic N) is 1. The van der Waals surface area contributed by atoms with Crippen LogP contribution in [0.2, 0.25) is 0 Å². The maximum Gasteiger partial charge on any atom is 0.326 e. The molecule has 2 N–H and O–H groups in total. The third-order valence-corrected chi connectivity index (χ3v) is 2.69. The van der Waals surface area contributed by atoms with Crippen molar-refractivity contribution >= 4 is 27.2 Å². The van der Waals surface area contributed by atoms with E-state index in [1.165, 1.54) is 6.07 Å². The Morgan fingerprint density at radius 3 is 2.92 bits per heavy atom. The summed E-state index contributed by atoms with van der Waals surface area (Å²) in [5.41, 5.74) is 0.350. The van der Waals surface area contributed by atoms with Crippen molar-refractivity contribution in [3.05, 3.63) is 21.7 Å². The molecule has 0 spiro atoms. The summed E-state index contributed by atoms with van der Waals surface area (Å²) in [5, 5.41) is 16.3. The minimum Gasteiger partial charge on any atom is -0.359 e. The maximum absolute atomic E-state index is 11.2. The number of amides is 1. The number of nitro groups is 1. The van der Waals surface area contributed by atoms with Crippen LogP contribution in [0.3, 0.4) is 0 Å². The molecule has 0 fully saturated rings. The molecule has 0 bridgehead atoms. The molecule has 1 aromatic rings. The van der Waals surface area contributed by atoms with E-state index in [0.29, 0.717) is 17.2 Å². The van der Waals surface area contributed by atoms with Gasteiger partial charge in [-0.15, -0.1) is 0 Å². The number of thiophene rings is 1. The van der Waals surface area contributed by atoms with Crippen molar-refractivity contribution in [2.24, 2.45) is 0 Å². The van der Waals surface area contributed by atoms with Crippen LogP contribution in [0, 0.1) is 10.1 Å². The smallest absolute Gasteiger partial charge is 0.326 e. The Morgan fingerprint density at radius 1 is 1.54 bits per heavy atom. The maximum atomic E-state index is 11.2. The first-order valence-electron chi connectivity index (χ1n) is 3.49. The summed E-state index contributed by atoms with van der Waals surface area (Å²) in [6, 6.07) is 1.28. The van der Waals surface area contributed by atoms with Crippen LogP contribution in [0.15, 0.2) is 6.07 Å². The van der Waals surface area contributed by atoms with E-state index in [2.05, 4.69) is 10.6 Å². The Morgan fingerprint density at radius 2 is 2.31 bits per heavy atom. The number of hydrogen-bond donors (Lipinski definition) is 2. The standard InChI is InChI=1S/C6H5N3O3S/c10-5-3-1-4(9(11)12)13-6(3)8-2-7-5/h1,8H,2H2,(H,7,10). The van der Waals surface area contributed by atoms with Crippen molar-refractivity contribution in [3.8, 4) is 0 Å². The van der Waals surface area contributed by atoms with Gasteiger partial charge >= 0.3 is 5.00 Å². The van der Waals surface area contributed by atoms with Gasteiger partial charge in [0.05, 0.1) is 17.2 Å². The lowest BCUT2D eigenvalue weighted by molar-refractivity contribution is -0.380. The quantitative estimate of drug-likeness (QED) is 0.516. The highest BCUT2D eigenvalue weighted by atomic mass is 32.1. The van der Waals surface area contributed by atoms with Crippen molar-refractivity contribution < 1.29 is 9.72 Å². The summed E-state index contributed by atoms with van der Waals surface area (Å²) in [5.74, 6) is -0.266. The first-order chi connectivity index (χ1) is 6.18. The zero-order chi connectivity index (χ0) is 9.42. The summed E-state index contributed by atoms with van der Waals surface area (Å²) in [7, 11) is 0. The molecular formula is C6H5N3O3S. The Hall–Kier alpha value is -1.63. The first-order valence-corrected chi connectivity index (χ1v) is 4.30. The fourth-order valence-corrected chi connectivity index (χ4v) is 1.93. The molecule has 0 unspecified atom stereocenters. The van der Waals surface area contributed by atoms with Crippen LogP contribution < -0.4 is 10.6 Å². The lowest BCUT2D eigenvalue weighted by Crippen LogP contribution is -2.33. The molecule has 68 valence electrons. The van der Waals surface area contributed by atoms with Gasteiger partial charge in [-0.25, -0.2) is 0 Å². The van der Waals surface area contributed by atoms with Crippen molar-refractivity contribution in [2.75, 3.05) is 12.0 Å². The minimum atomic E-state index is -0.502. The van der Waals surface area contributed by atoms with Gasteiger partial charge in [-0.1, -0.05) is 0 Å². The van der Waals surface area contributed by atoms with Gasteiger partial charge in [0.1, 0.15) is 5.00 Å². The second-order valence-corrected chi connectivity index (χ2v) is 3.47. The van der Waals surface area contributed by atoms with E-state index >= 15 is 0 Å². The number of carbonyl (C=O) groups is 1. The first kappa shape index (κ1) is 7.99. The molecule has 1 aliphatic heterocycles. The molecule has 0 atom stereocenters. The van der Waals surface area contributed by atoms with Crippen molar-refractivity contribution in [1.29, 1.82) is 0 Å². The van der Waals surface area contributed by atoms with Gasteiger partial charge < -0.3 is 10.6 Å². The zero-order valence-electron chi connectivity index (χ0n) is 6.36. The SMILES string of the molecule is O=C1NCNc2sc([N+](=O)[O-])cc21. The molecule has 0 aromatic carbocycles. The fourth-order valence-electron chi connectivity index (χ4n) is 1.07. The molecule has 13 heavy (non-hydrogen) atoms. The Labute approximate surface area is 76.7 Å². The topological polar surface area (TPSA) is 84.3 Å². The number of carbonyl (C=O) groups excluding carboxylic acids is 1.